The minimum absolute atomic E-state index is 0.0159. The minimum atomic E-state index is -1.12. The summed E-state index contributed by atoms with van der Waals surface area (Å²) in [6, 6.07) is 0. The molecule has 0 bridgehead atoms. The van der Waals surface area contributed by atoms with E-state index in [4.69, 9.17) is 48.1 Å². The number of hydrogen-bond acceptors (Lipinski definition) is 12. The summed E-state index contributed by atoms with van der Waals surface area (Å²) in [4.78, 5) is 21.6. The van der Waals surface area contributed by atoms with Gasteiger partial charge in [0.2, 0.25) is 5.91 Å². The number of carboxylic acids is 1. The van der Waals surface area contributed by atoms with Gasteiger partial charge in [-0.3, -0.25) is 4.79 Å². The third-order valence-corrected chi connectivity index (χ3v) is 3.87. The number of rotatable bonds is 30. The fourth-order valence-corrected chi connectivity index (χ4v) is 2.25. The Morgan fingerprint density at radius 2 is 0.806 bits per heavy atom. The van der Waals surface area contributed by atoms with Crippen molar-refractivity contribution in [3.05, 3.63) is 0 Å². The normalized spacial score (nSPS) is 11.1. The van der Waals surface area contributed by atoms with Gasteiger partial charge in [-0.2, -0.15) is 0 Å². The largest absolute Gasteiger partial charge is 0.480 e. The highest BCUT2D eigenvalue weighted by Gasteiger charge is 2.03. The smallest absolute Gasteiger partial charge is 0.329 e. The Hall–Kier alpha value is -1.46. The molecule has 0 spiro atoms. The maximum Gasteiger partial charge on any atom is 0.329 e. The fraction of sp³-hybridized carbons (Fsp3) is 0.909. The third-order valence-electron chi connectivity index (χ3n) is 3.87. The number of carbonyl (C=O) groups excluding carboxylic acids is 1. The quantitative estimate of drug-likeness (QED) is 0.0904. The lowest BCUT2D eigenvalue weighted by Crippen LogP contribution is -2.31. The Morgan fingerprint density at radius 3 is 1.14 bits per heavy atom. The van der Waals surface area contributed by atoms with Crippen LogP contribution in [-0.4, -0.2) is 154 Å². The molecule has 14 heteroatoms. The van der Waals surface area contributed by atoms with E-state index in [0.717, 1.165) is 0 Å². The van der Waals surface area contributed by atoms with Crippen LogP contribution in [0, 0.1) is 0 Å². The average molecular weight is 530 g/mol. The van der Waals surface area contributed by atoms with Crippen molar-refractivity contribution in [2.75, 3.05) is 132 Å². The second-order valence-electron chi connectivity index (χ2n) is 6.86. The number of aliphatic hydroxyl groups excluding tert-OH is 1. The van der Waals surface area contributed by atoms with Gasteiger partial charge in [0, 0.05) is 6.54 Å². The Labute approximate surface area is 212 Å². The minimum Gasteiger partial charge on any atom is -0.480 e. The summed E-state index contributed by atoms with van der Waals surface area (Å²) in [6.45, 7) is 6.60. The van der Waals surface area contributed by atoms with Gasteiger partial charge in [0.05, 0.1) is 112 Å². The van der Waals surface area contributed by atoms with E-state index in [1.54, 1.807) is 0 Å². The molecule has 0 unspecified atom stereocenters. The molecular formula is C22H43NO13. The molecule has 0 aromatic carbocycles. The van der Waals surface area contributed by atoms with Crippen LogP contribution >= 0.6 is 0 Å². The summed E-state index contributed by atoms with van der Waals surface area (Å²) in [6.07, 6.45) is 0. The van der Waals surface area contributed by atoms with Gasteiger partial charge in [-0.25, -0.2) is 4.79 Å². The molecule has 36 heavy (non-hydrogen) atoms. The van der Waals surface area contributed by atoms with Crippen molar-refractivity contribution in [2.45, 2.75) is 0 Å². The van der Waals surface area contributed by atoms with Gasteiger partial charge >= 0.3 is 5.97 Å². The van der Waals surface area contributed by atoms with E-state index >= 15 is 0 Å². The van der Waals surface area contributed by atoms with Crippen LogP contribution in [0.2, 0.25) is 0 Å². The predicted molar refractivity (Wildman–Crippen MR) is 125 cm³/mol. The van der Waals surface area contributed by atoms with Crippen molar-refractivity contribution < 1.29 is 62.4 Å². The molecule has 14 nitrogen and oxygen atoms in total. The van der Waals surface area contributed by atoms with Crippen LogP contribution in [-0.2, 0) is 52.2 Å². The number of carboxylic acid groups (broad SMARTS) is 1. The van der Waals surface area contributed by atoms with E-state index in [0.29, 0.717) is 112 Å². The van der Waals surface area contributed by atoms with E-state index in [9.17, 15) is 9.59 Å². The maximum absolute atomic E-state index is 11.3. The second kappa shape index (κ2) is 29.8. The lowest BCUT2D eigenvalue weighted by atomic mass is 10.6. The van der Waals surface area contributed by atoms with Gasteiger partial charge in [-0.05, 0) is 0 Å². The Balaban J connectivity index is 3.09. The first-order chi connectivity index (χ1) is 17.7. The first-order valence-electron chi connectivity index (χ1n) is 12.0. The molecule has 0 heterocycles. The van der Waals surface area contributed by atoms with Crippen molar-refractivity contribution in [1.29, 1.82) is 0 Å². The number of ether oxygens (including phenoxy) is 9. The van der Waals surface area contributed by atoms with E-state index in [1.165, 1.54) is 0 Å². The monoisotopic (exact) mass is 529 g/mol. The molecular weight excluding hydrogens is 486 g/mol. The van der Waals surface area contributed by atoms with Crippen molar-refractivity contribution in [3.8, 4) is 0 Å². The molecule has 0 fully saturated rings. The molecule has 0 aliphatic heterocycles. The Morgan fingerprint density at radius 1 is 0.472 bits per heavy atom. The van der Waals surface area contributed by atoms with Crippen LogP contribution < -0.4 is 5.32 Å². The van der Waals surface area contributed by atoms with Crippen LogP contribution in [0.5, 0.6) is 0 Å². The molecule has 1 amide bonds. The van der Waals surface area contributed by atoms with Gasteiger partial charge in [0.25, 0.3) is 0 Å². The standard InChI is InChI=1S/C22H43NO13/c24-2-4-29-6-8-31-10-12-33-14-16-35-18-17-34-15-13-32-11-9-30-7-5-28-3-1-23-21(25)19-36-20-22(26)27/h24H,1-20H2,(H,23,25)(H,26,27). The molecule has 0 saturated carbocycles. The lowest BCUT2D eigenvalue weighted by molar-refractivity contribution is -0.143. The van der Waals surface area contributed by atoms with E-state index < -0.39 is 18.5 Å². The first kappa shape index (κ1) is 34.5. The third kappa shape index (κ3) is 30.6. The number of carbonyl (C=O) groups is 2. The van der Waals surface area contributed by atoms with Gasteiger partial charge < -0.3 is 58.2 Å². The number of amides is 1. The number of hydrogen-bond donors (Lipinski definition) is 3. The molecule has 0 atom stereocenters. The van der Waals surface area contributed by atoms with Crippen molar-refractivity contribution in [3.63, 3.8) is 0 Å². The average Bonchev–Trinajstić information content (AvgIpc) is 2.86. The van der Waals surface area contributed by atoms with Crippen LogP contribution in [0.25, 0.3) is 0 Å². The highest BCUT2D eigenvalue weighted by Crippen LogP contribution is 1.86. The topological polar surface area (TPSA) is 170 Å². The second-order valence-corrected chi connectivity index (χ2v) is 6.86. The summed E-state index contributed by atoms with van der Waals surface area (Å²) in [5, 5.41) is 19.5. The molecule has 0 aromatic heterocycles. The SMILES string of the molecule is O=C(O)COCC(=O)NCCOCCOCCOCCOCCOCCOCCOCCOCCO. The van der Waals surface area contributed by atoms with Gasteiger partial charge in [0.1, 0.15) is 13.2 Å². The zero-order chi connectivity index (χ0) is 26.4. The van der Waals surface area contributed by atoms with Crippen LogP contribution in [0.15, 0.2) is 0 Å². The highest BCUT2D eigenvalue weighted by atomic mass is 16.6. The van der Waals surface area contributed by atoms with Crippen LogP contribution in [0.1, 0.15) is 0 Å². The predicted octanol–water partition coefficient (Wildman–Crippen LogP) is -1.67. The summed E-state index contributed by atoms with van der Waals surface area (Å²) in [7, 11) is 0. The lowest BCUT2D eigenvalue weighted by Gasteiger charge is -2.09. The van der Waals surface area contributed by atoms with Crippen molar-refractivity contribution in [2.24, 2.45) is 0 Å². The van der Waals surface area contributed by atoms with Crippen molar-refractivity contribution >= 4 is 11.9 Å². The molecule has 0 radical (unpaired) electrons. The van der Waals surface area contributed by atoms with Gasteiger partial charge in [0.15, 0.2) is 0 Å². The summed E-state index contributed by atoms with van der Waals surface area (Å²) in [5.41, 5.74) is 0. The highest BCUT2D eigenvalue weighted by molar-refractivity contribution is 5.77. The Kier molecular flexibility index (Phi) is 28.6. The summed E-state index contributed by atoms with van der Waals surface area (Å²) in [5.74, 6) is -1.52. The fourth-order valence-electron chi connectivity index (χ4n) is 2.25. The number of aliphatic carboxylic acids is 1. The molecule has 0 rings (SSSR count). The molecule has 3 N–H and O–H groups in total. The van der Waals surface area contributed by atoms with Gasteiger partial charge in [-0.1, -0.05) is 0 Å². The van der Waals surface area contributed by atoms with E-state index in [-0.39, 0.29) is 13.2 Å². The summed E-state index contributed by atoms with van der Waals surface area (Å²) < 4.78 is 47.2. The number of nitrogens with one attached hydrogen (secondary N) is 1. The van der Waals surface area contributed by atoms with Crippen molar-refractivity contribution in [1.82, 2.24) is 5.32 Å². The maximum atomic E-state index is 11.3. The van der Waals surface area contributed by atoms with Crippen LogP contribution in [0.3, 0.4) is 0 Å². The van der Waals surface area contributed by atoms with E-state index in [1.807, 2.05) is 0 Å². The summed E-state index contributed by atoms with van der Waals surface area (Å²) >= 11 is 0. The first-order valence-corrected chi connectivity index (χ1v) is 12.0. The van der Waals surface area contributed by atoms with Crippen LogP contribution in [0.4, 0.5) is 0 Å². The number of aliphatic hydroxyl groups is 1. The molecule has 214 valence electrons. The Bertz CT molecular complexity index is 485. The molecule has 0 aromatic rings. The van der Waals surface area contributed by atoms with E-state index in [2.05, 4.69) is 10.1 Å². The molecule has 0 aliphatic carbocycles. The zero-order valence-corrected chi connectivity index (χ0v) is 21.0. The molecule has 0 saturated heterocycles. The zero-order valence-electron chi connectivity index (χ0n) is 21.0. The van der Waals surface area contributed by atoms with Gasteiger partial charge in [-0.15, -0.1) is 0 Å². The molecule has 0 aliphatic rings.